The Morgan fingerprint density at radius 1 is 1.08 bits per heavy atom. The number of carbonyl (C=O) groups is 2. The van der Waals surface area contributed by atoms with Gasteiger partial charge in [0.05, 0.1) is 11.4 Å². The lowest BCUT2D eigenvalue weighted by Gasteiger charge is -2.38. The van der Waals surface area contributed by atoms with Crippen LogP contribution in [0.25, 0.3) is 0 Å². The zero-order valence-corrected chi connectivity index (χ0v) is 23.3. The molecule has 0 aliphatic heterocycles. The number of hydrogen-bond donors (Lipinski definition) is 4. The molecule has 0 heterocycles. The van der Waals surface area contributed by atoms with Crippen LogP contribution >= 0.6 is 23.2 Å². The minimum Gasteiger partial charge on any atom is -0.351 e. The number of benzene rings is 2. The second kappa shape index (κ2) is 12.4. The summed E-state index contributed by atoms with van der Waals surface area (Å²) in [7, 11) is -8.45. The van der Waals surface area contributed by atoms with E-state index in [1.165, 1.54) is 30.3 Å². The molecule has 1 saturated carbocycles. The van der Waals surface area contributed by atoms with Crippen molar-refractivity contribution in [3.05, 3.63) is 59.1 Å². The highest BCUT2D eigenvalue weighted by Gasteiger charge is 2.47. The summed E-state index contributed by atoms with van der Waals surface area (Å²) < 4.78 is 79.4. The third kappa shape index (κ3) is 8.30. The monoisotopic (exact) mass is 627 g/mol. The maximum absolute atomic E-state index is 13.5. The van der Waals surface area contributed by atoms with E-state index in [-0.39, 0.29) is 28.7 Å². The Hall–Kier alpha value is -2.40. The second-order valence-corrected chi connectivity index (χ2v) is 12.5. The highest BCUT2D eigenvalue weighted by Crippen LogP contribution is 2.39. The van der Waals surface area contributed by atoms with Gasteiger partial charge in [-0.05, 0) is 24.3 Å². The van der Waals surface area contributed by atoms with E-state index in [9.17, 15) is 35.2 Å². The molecule has 0 spiro atoms. The summed E-state index contributed by atoms with van der Waals surface area (Å²) in [6.07, 6.45) is -1.23. The standard InChI is InChI=1S/C22H25Cl2F2N5O6S2/c23-8-9-28-39(36,37)29-13-19(32)31(15-4-3-5-16(10-15)38(27,34)35)20(17-6-1-2-7-18(17)24)21(33)30-14-11-22(25,26)12-14/h1-7,10,14,20,28-29H,8-9,11-13H2,(H,30,33)(H2,27,34,35). The van der Waals surface area contributed by atoms with Gasteiger partial charge in [0.15, 0.2) is 0 Å². The SMILES string of the molecule is NS(=O)(=O)c1cccc(N(C(=O)CNS(=O)(=O)NCCCl)C(C(=O)NC2CC(F)(F)C2)c2ccccc2Cl)c1. The molecule has 1 aliphatic rings. The zero-order valence-electron chi connectivity index (χ0n) is 20.1. The molecule has 0 aromatic heterocycles. The van der Waals surface area contributed by atoms with Crippen molar-refractivity contribution in [3.8, 4) is 0 Å². The van der Waals surface area contributed by atoms with Crippen LogP contribution in [0.15, 0.2) is 53.4 Å². The largest absolute Gasteiger partial charge is 0.351 e. The number of rotatable bonds is 12. The Morgan fingerprint density at radius 2 is 1.74 bits per heavy atom. The number of halogens is 4. The summed E-state index contributed by atoms with van der Waals surface area (Å²) in [6.45, 7) is -1.02. The molecule has 1 fully saturated rings. The van der Waals surface area contributed by atoms with Crippen LogP contribution in [0.4, 0.5) is 14.5 Å². The first kappa shape index (κ1) is 31.1. The van der Waals surface area contributed by atoms with Crippen LogP contribution in [0.3, 0.4) is 0 Å². The Kier molecular flexibility index (Phi) is 9.91. The van der Waals surface area contributed by atoms with Gasteiger partial charge in [-0.25, -0.2) is 27.1 Å². The van der Waals surface area contributed by atoms with Crippen molar-refractivity contribution in [1.29, 1.82) is 0 Å². The summed E-state index contributed by atoms with van der Waals surface area (Å²) in [5.74, 6) is -4.90. The van der Waals surface area contributed by atoms with Gasteiger partial charge in [0.25, 0.3) is 16.1 Å². The molecule has 2 aromatic rings. The normalized spacial score (nSPS) is 16.2. The van der Waals surface area contributed by atoms with Crippen LogP contribution in [-0.2, 0) is 29.8 Å². The first-order valence-electron chi connectivity index (χ1n) is 11.3. The van der Waals surface area contributed by atoms with Crippen LogP contribution in [-0.4, -0.2) is 59.6 Å². The van der Waals surface area contributed by atoms with Crippen molar-refractivity contribution >= 4 is 60.9 Å². The molecule has 2 amide bonds. The van der Waals surface area contributed by atoms with Gasteiger partial charge in [-0.15, -0.1) is 11.6 Å². The fourth-order valence-corrected chi connectivity index (χ4v) is 5.64. The maximum atomic E-state index is 13.5. The summed E-state index contributed by atoms with van der Waals surface area (Å²) in [6, 6.07) is 8.12. The van der Waals surface area contributed by atoms with Crippen LogP contribution in [0, 0.1) is 0 Å². The molecule has 0 radical (unpaired) electrons. The number of nitrogens with zero attached hydrogens (tertiary/aromatic N) is 1. The summed E-state index contributed by atoms with van der Waals surface area (Å²) in [5, 5.41) is 7.74. The molecule has 11 nitrogen and oxygen atoms in total. The number of amides is 2. The molecular weight excluding hydrogens is 603 g/mol. The number of nitrogens with one attached hydrogen (secondary N) is 3. The molecule has 39 heavy (non-hydrogen) atoms. The fourth-order valence-electron chi connectivity index (χ4n) is 3.85. The second-order valence-electron chi connectivity index (χ2n) is 8.61. The predicted molar refractivity (Wildman–Crippen MR) is 141 cm³/mol. The van der Waals surface area contributed by atoms with Crippen LogP contribution in [0.1, 0.15) is 24.4 Å². The first-order valence-corrected chi connectivity index (χ1v) is 15.3. The molecule has 1 unspecified atom stereocenters. The van der Waals surface area contributed by atoms with Gasteiger partial charge >= 0.3 is 0 Å². The van der Waals surface area contributed by atoms with E-state index in [1.807, 2.05) is 4.72 Å². The molecule has 1 aliphatic carbocycles. The Morgan fingerprint density at radius 3 is 2.33 bits per heavy atom. The number of nitrogens with two attached hydrogens (primary N) is 1. The number of carbonyl (C=O) groups excluding carboxylic acids is 2. The highest BCUT2D eigenvalue weighted by molar-refractivity contribution is 7.89. The lowest BCUT2D eigenvalue weighted by atomic mass is 9.87. The summed E-state index contributed by atoms with van der Waals surface area (Å²) >= 11 is 11.8. The first-order chi connectivity index (χ1) is 18.1. The third-order valence-corrected chi connectivity index (χ3v) is 8.19. The van der Waals surface area contributed by atoms with E-state index >= 15 is 0 Å². The van der Waals surface area contributed by atoms with Gasteiger partial charge in [-0.3, -0.25) is 14.5 Å². The molecule has 17 heteroatoms. The Bertz CT molecular complexity index is 1440. The van der Waals surface area contributed by atoms with Gasteiger partial charge in [0, 0.05) is 47.6 Å². The molecule has 0 saturated heterocycles. The summed E-state index contributed by atoms with van der Waals surface area (Å²) in [4.78, 5) is 27.5. The smallest absolute Gasteiger partial charge is 0.277 e. The molecule has 0 bridgehead atoms. The molecule has 2 aromatic carbocycles. The van der Waals surface area contributed by atoms with E-state index in [4.69, 9.17) is 28.3 Å². The van der Waals surface area contributed by atoms with Crippen molar-refractivity contribution in [2.45, 2.75) is 35.7 Å². The number of anilines is 1. The van der Waals surface area contributed by atoms with Crippen molar-refractivity contribution in [3.63, 3.8) is 0 Å². The van der Waals surface area contributed by atoms with Crippen LogP contribution in [0.5, 0.6) is 0 Å². The lowest BCUT2D eigenvalue weighted by Crippen LogP contribution is -2.55. The number of hydrogen-bond acceptors (Lipinski definition) is 6. The number of sulfonamides is 1. The zero-order chi connectivity index (χ0) is 29.0. The van der Waals surface area contributed by atoms with Crippen molar-refractivity contribution in [2.75, 3.05) is 23.9 Å². The van der Waals surface area contributed by atoms with E-state index in [1.54, 1.807) is 6.07 Å². The van der Waals surface area contributed by atoms with Gasteiger partial charge < -0.3 is 5.32 Å². The van der Waals surface area contributed by atoms with Gasteiger partial charge in [-0.1, -0.05) is 35.9 Å². The average molecular weight is 629 g/mol. The minimum atomic E-state index is -4.26. The van der Waals surface area contributed by atoms with Crippen molar-refractivity contribution in [1.82, 2.24) is 14.8 Å². The topological polar surface area (TPSA) is 168 Å². The molecule has 3 rings (SSSR count). The fraction of sp³-hybridized carbons (Fsp3) is 0.364. The average Bonchev–Trinajstić information content (AvgIpc) is 2.83. The minimum absolute atomic E-state index is 0.0290. The molecule has 1 atom stereocenters. The van der Waals surface area contributed by atoms with E-state index in [2.05, 4.69) is 10.0 Å². The molecule has 214 valence electrons. The quantitative estimate of drug-likeness (QED) is 0.261. The van der Waals surface area contributed by atoms with Crippen molar-refractivity contribution in [2.24, 2.45) is 5.14 Å². The number of primary sulfonamides is 1. The van der Waals surface area contributed by atoms with Crippen LogP contribution in [0.2, 0.25) is 5.02 Å². The van der Waals surface area contributed by atoms with Gasteiger partial charge in [-0.2, -0.15) is 13.1 Å². The third-order valence-electron chi connectivity index (χ3n) is 5.64. The lowest BCUT2D eigenvalue weighted by molar-refractivity contribution is -0.132. The Balaban J connectivity index is 2.09. The highest BCUT2D eigenvalue weighted by atomic mass is 35.5. The Labute approximate surface area is 234 Å². The summed E-state index contributed by atoms with van der Waals surface area (Å²) in [5.41, 5.74) is -0.0846. The predicted octanol–water partition coefficient (Wildman–Crippen LogP) is 1.64. The van der Waals surface area contributed by atoms with E-state index in [0.29, 0.717) is 0 Å². The molecule has 5 N–H and O–H groups in total. The van der Waals surface area contributed by atoms with Gasteiger partial charge in [0.1, 0.15) is 6.04 Å². The van der Waals surface area contributed by atoms with Crippen molar-refractivity contribution < 1.29 is 35.2 Å². The van der Waals surface area contributed by atoms with Gasteiger partial charge in [0.2, 0.25) is 21.8 Å². The van der Waals surface area contributed by atoms with E-state index < -0.39 is 74.3 Å². The molecular formula is C22H25Cl2F2N5O6S2. The van der Waals surface area contributed by atoms with Crippen LogP contribution < -0.4 is 24.8 Å². The maximum Gasteiger partial charge on any atom is 0.277 e. The van der Waals surface area contributed by atoms with E-state index in [0.717, 1.165) is 17.0 Å². The number of alkyl halides is 3.